The maximum atomic E-state index is 12.5. The molecule has 6 nitrogen and oxygen atoms in total. The third-order valence-electron chi connectivity index (χ3n) is 5.55. The Balaban J connectivity index is 1.40. The molecule has 2 aliphatic heterocycles. The predicted molar refractivity (Wildman–Crippen MR) is 106 cm³/mol. The number of ether oxygens (including phenoxy) is 1. The number of anilines is 1. The van der Waals surface area contributed by atoms with E-state index in [2.05, 4.69) is 11.0 Å². The summed E-state index contributed by atoms with van der Waals surface area (Å²) in [5.74, 6) is 1.25. The molecule has 0 N–H and O–H groups in total. The Bertz CT molecular complexity index is 635. The van der Waals surface area contributed by atoms with Crippen molar-refractivity contribution in [3.63, 3.8) is 0 Å². The quantitative estimate of drug-likeness (QED) is 0.769. The lowest BCUT2D eigenvalue weighted by Gasteiger charge is -2.36. The molecule has 6 heteroatoms. The summed E-state index contributed by atoms with van der Waals surface area (Å²) < 4.78 is 5.44. The lowest BCUT2D eigenvalue weighted by molar-refractivity contribution is -0.133. The number of piperidine rings is 1. The van der Waals surface area contributed by atoms with Gasteiger partial charge in [-0.25, -0.2) is 0 Å². The van der Waals surface area contributed by atoms with Gasteiger partial charge < -0.3 is 19.4 Å². The first kappa shape index (κ1) is 19.5. The number of carbonyl (C=O) groups is 2. The fourth-order valence-electron chi connectivity index (χ4n) is 3.94. The Kier molecular flexibility index (Phi) is 6.96. The smallest absolute Gasteiger partial charge is 0.222 e. The van der Waals surface area contributed by atoms with Crippen LogP contribution < -0.4 is 9.64 Å². The van der Waals surface area contributed by atoms with Gasteiger partial charge in [0.15, 0.2) is 0 Å². The van der Waals surface area contributed by atoms with Gasteiger partial charge in [-0.2, -0.15) is 0 Å². The summed E-state index contributed by atoms with van der Waals surface area (Å²) in [5, 5.41) is 0. The highest BCUT2D eigenvalue weighted by Gasteiger charge is 2.23. The maximum Gasteiger partial charge on any atom is 0.222 e. The van der Waals surface area contributed by atoms with Crippen molar-refractivity contribution in [3.05, 3.63) is 24.3 Å². The van der Waals surface area contributed by atoms with E-state index in [9.17, 15) is 9.59 Å². The second-order valence-corrected chi connectivity index (χ2v) is 7.33. The lowest BCUT2D eigenvalue weighted by Crippen LogP contribution is -2.48. The van der Waals surface area contributed by atoms with Crippen molar-refractivity contribution in [2.24, 2.45) is 0 Å². The van der Waals surface area contributed by atoms with Crippen LogP contribution in [0.25, 0.3) is 0 Å². The van der Waals surface area contributed by atoms with Gasteiger partial charge in [0.1, 0.15) is 5.75 Å². The topological polar surface area (TPSA) is 53.1 Å². The minimum atomic E-state index is 0.168. The Labute approximate surface area is 162 Å². The van der Waals surface area contributed by atoms with Crippen molar-refractivity contribution in [2.45, 2.75) is 38.5 Å². The molecule has 0 radical (unpaired) electrons. The Morgan fingerprint density at radius 1 is 0.852 bits per heavy atom. The third kappa shape index (κ3) is 5.15. The standard InChI is InChI=1S/C21H31N3O3/c1-27-19-9-4-3-8-18(19)22-14-16-24(17-15-22)21(26)11-7-10-20(25)23-12-5-2-6-13-23/h3-4,8-9H,2,5-7,10-17H2,1H3. The molecular formula is C21H31N3O3. The highest BCUT2D eigenvalue weighted by Crippen LogP contribution is 2.28. The second kappa shape index (κ2) is 9.62. The van der Waals surface area contributed by atoms with E-state index in [-0.39, 0.29) is 11.8 Å². The number of nitrogens with zero attached hydrogens (tertiary/aromatic N) is 3. The van der Waals surface area contributed by atoms with Crippen LogP contribution in [0.1, 0.15) is 38.5 Å². The van der Waals surface area contributed by atoms with E-state index >= 15 is 0 Å². The van der Waals surface area contributed by atoms with Crippen molar-refractivity contribution in [2.75, 3.05) is 51.3 Å². The first-order chi connectivity index (χ1) is 13.2. The first-order valence-electron chi connectivity index (χ1n) is 10.1. The van der Waals surface area contributed by atoms with Crippen LogP contribution in [0.5, 0.6) is 5.75 Å². The van der Waals surface area contributed by atoms with Crippen LogP contribution in [0.2, 0.25) is 0 Å². The Morgan fingerprint density at radius 3 is 2.07 bits per heavy atom. The van der Waals surface area contributed by atoms with Crippen molar-refractivity contribution in [3.8, 4) is 5.75 Å². The highest BCUT2D eigenvalue weighted by atomic mass is 16.5. The normalized spacial score (nSPS) is 17.7. The van der Waals surface area contributed by atoms with Crippen LogP contribution in [0.3, 0.4) is 0 Å². The molecule has 3 rings (SSSR count). The number of rotatable bonds is 6. The summed E-state index contributed by atoms with van der Waals surface area (Å²) in [5.41, 5.74) is 1.08. The molecule has 0 unspecified atom stereocenters. The van der Waals surface area contributed by atoms with Gasteiger partial charge in [0.25, 0.3) is 0 Å². The lowest BCUT2D eigenvalue weighted by atomic mass is 10.1. The molecule has 2 amide bonds. The molecule has 0 aliphatic carbocycles. The van der Waals surface area contributed by atoms with Crippen LogP contribution in [0.4, 0.5) is 5.69 Å². The summed E-state index contributed by atoms with van der Waals surface area (Å²) in [4.78, 5) is 30.8. The number of methoxy groups -OCH3 is 1. The van der Waals surface area contributed by atoms with Gasteiger partial charge in [0.2, 0.25) is 11.8 Å². The highest BCUT2D eigenvalue weighted by molar-refractivity contribution is 5.79. The molecule has 27 heavy (non-hydrogen) atoms. The minimum absolute atomic E-state index is 0.168. The number of amides is 2. The molecule has 0 spiro atoms. The molecule has 2 fully saturated rings. The van der Waals surface area contributed by atoms with Crippen molar-refractivity contribution in [1.82, 2.24) is 9.80 Å². The summed E-state index contributed by atoms with van der Waals surface area (Å²) in [6, 6.07) is 8.00. The average molecular weight is 373 g/mol. The first-order valence-corrected chi connectivity index (χ1v) is 10.1. The van der Waals surface area contributed by atoms with Crippen molar-refractivity contribution < 1.29 is 14.3 Å². The van der Waals surface area contributed by atoms with Gasteiger partial charge in [0.05, 0.1) is 12.8 Å². The van der Waals surface area contributed by atoms with Crippen LogP contribution in [0, 0.1) is 0 Å². The molecule has 2 heterocycles. The van der Waals surface area contributed by atoms with E-state index in [0.717, 1.165) is 63.5 Å². The number of carbonyl (C=O) groups excluding carboxylic acids is 2. The van der Waals surface area contributed by atoms with Crippen molar-refractivity contribution >= 4 is 17.5 Å². The third-order valence-corrected chi connectivity index (χ3v) is 5.55. The van der Waals surface area contributed by atoms with Crippen molar-refractivity contribution in [1.29, 1.82) is 0 Å². The summed E-state index contributed by atoms with van der Waals surface area (Å²) in [7, 11) is 1.68. The summed E-state index contributed by atoms with van der Waals surface area (Å²) >= 11 is 0. The minimum Gasteiger partial charge on any atom is -0.495 e. The van der Waals surface area contributed by atoms with Gasteiger partial charge in [-0.3, -0.25) is 9.59 Å². The molecule has 0 aromatic heterocycles. The fourth-order valence-corrected chi connectivity index (χ4v) is 3.94. The Morgan fingerprint density at radius 2 is 1.44 bits per heavy atom. The van der Waals surface area contributed by atoms with Crippen LogP contribution in [-0.4, -0.2) is 68.0 Å². The van der Waals surface area contributed by atoms with E-state index in [4.69, 9.17) is 4.74 Å². The number of hydrogen-bond donors (Lipinski definition) is 0. The average Bonchev–Trinajstić information content (AvgIpc) is 2.74. The zero-order valence-electron chi connectivity index (χ0n) is 16.4. The summed E-state index contributed by atoms with van der Waals surface area (Å²) in [6.07, 6.45) is 5.06. The number of piperazine rings is 1. The molecular weight excluding hydrogens is 342 g/mol. The number of para-hydroxylation sites is 2. The number of likely N-dealkylation sites (tertiary alicyclic amines) is 1. The van der Waals surface area contributed by atoms with Gasteiger partial charge >= 0.3 is 0 Å². The van der Waals surface area contributed by atoms with Gasteiger partial charge in [-0.05, 0) is 37.8 Å². The van der Waals surface area contributed by atoms with Crippen LogP contribution in [-0.2, 0) is 9.59 Å². The maximum absolute atomic E-state index is 12.5. The zero-order chi connectivity index (χ0) is 19.1. The van der Waals surface area contributed by atoms with E-state index in [1.165, 1.54) is 6.42 Å². The second-order valence-electron chi connectivity index (χ2n) is 7.33. The van der Waals surface area contributed by atoms with Gasteiger partial charge in [0, 0.05) is 52.1 Å². The molecule has 1 aromatic carbocycles. The van der Waals surface area contributed by atoms with Crippen LogP contribution >= 0.6 is 0 Å². The van der Waals surface area contributed by atoms with Gasteiger partial charge in [-0.1, -0.05) is 12.1 Å². The molecule has 148 valence electrons. The van der Waals surface area contributed by atoms with Crippen LogP contribution in [0.15, 0.2) is 24.3 Å². The monoisotopic (exact) mass is 373 g/mol. The molecule has 0 atom stereocenters. The van der Waals surface area contributed by atoms with E-state index < -0.39 is 0 Å². The summed E-state index contributed by atoms with van der Waals surface area (Å²) in [6.45, 7) is 4.82. The molecule has 0 saturated carbocycles. The Hall–Kier alpha value is -2.24. The van der Waals surface area contributed by atoms with E-state index in [1.807, 2.05) is 28.0 Å². The molecule has 2 aliphatic rings. The van der Waals surface area contributed by atoms with Gasteiger partial charge in [-0.15, -0.1) is 0 Å². The number of benzene rings is 1. The van der Waals surface area contributed by atoms with E-state index in [0.29, 0.717) is 19.3 Å². The SMILES string of the molecule is COc1ccccc1N1CCN(C(=O)CCCC(=O)N2CCCCC2)CC1. The van der Waals surface area contributed by atoms with E-state index in [1.54, 1.807) is 7.11 Å². The number of hydrogen-bond acceptors (Lipinski definition) is 4. The molecule has 0 bridgehead atoms. The fraction of sp³-hybridized carbons (Fsp3) is 0.619. The zero-order valence-corrected chi connectivity index (χ0v) is 16.4. The largest absolute Gasteiger partial charge is 0.495 e. The molecule has 2 saturated heterocycles. The molecule has 1 aromatic rings. The predicted octanol–water partition coefficient (Wildman–Crippen LogP) is 2.53.